The number of aryl methyl sites for hydroxylation is 1. The third-order valence-corrected chi connectivity index (χ3v) is 7.94. The second-order valence-electron chi connectivity index (χ2n) is 8.34. The van der Waals surface area contributed by atoms with Crippen LogP contribution in [0.25, 0.3) is 10.8 Å². The van der Waals surface area contributed by atoms with Crippen molar-refractivity contribution in [1.29, 1.82) is 0 Å². The van der Waals surface area contributed by atoms with Crippen molar-refractivity contribution in [3.05, 3.63) is 59.2 Å². The summed E-state index contributed by atoms with van der Waals surface area (Å²) in [6, 6.07) is 12.6. The van der Waals surface area contributed by atoms with Gasteiger partial charge in [0.25, 0.3) is 10.0 Å². The van der Waals surface area contributed by atoms with Crippen LogP contribution in [0, 0.1) is 26.7 Å². The number of nitrogens with zero attached hydrogens (tertiary/aromatic N) is 1. The molecule has 1 atom stereocenters. The molecular weight excluding hydrogens is 428 g/mol. The van der Waals surface area contributed by atoms with Gasteiger partial charge < -0.3 is 15.1 Å². The molecule has 0 aliphatic carbocycles. The second-order valence-corrected chi connectivity index (χ2v) is 9.96. The Bertz CT molecular complexity index is 1310. The highest BCUT2D eigenvalue weighted by Crippen LogP contribution is 2.37. The summed E-state index contributed by atoms with van der Waals surface area (Å²) in [5.74, 6) is -1.27. The molecule has 1 aliphatic rings. The number of benzene rings is 3. The third-order valence-electron chi connectivity index (χ3n) is 6.30. The van der Waals surface area contributed by atoms with Gasteiger partial charge in [0.1, 0.15) is 5.75 Å². The Hall–Kier alpha value is -3.26. The molecule has 7 nitrogen and oxygen atoms in total. The van der Waals surface area contributed by atoms with Crippen LogP contribution < -0.4 is 9.62 Å². The van der Waals surface area contributed by atoms with Crippen LogP contribution in [0.4, 0.5) is 11.4 Å². The first-order valence-corrected chi connectivity index (χ1v) is 11.9. The average Bonchev–Trinajstić information content (AvgIpc) is 3.23. The maximum absolute atomic E-state index is 13.4. The molecular formula is C24H26N2O5S. The maximum Gasteiger partial charge on any atom is 0.308 e. The first-order valence-electron chi connectivity index (χ1n) is 10.4. The highest BCUT2D eigenvalue weighted by atomic mass is 32.2. The molecule has 3 aromatic rings. The number of carboxylic acids is 1. The lowest BCUT2D eigenvalue weighted by Gasteiger charge is -2.22. The molecule has 32 heavy (non-hydrogen) atoms. The standard InChI is InChI=1S/C24H26N2O5S/c1-14-12-22(27)16(3)23(15(14)2)32(30,31)25-20-8-9-21(19-7-5-4-6-18(19)20)26-11-10-17(13-26)24(28)29/h4-9,12,17,25,27H,10-11,13H2,1-3H3,(H,28,29)/t17-/m0/s1. The van der Waals surface area contributed by atoms with Gasteiger partial charge in [-0.1, -0.05) is 24.3 Å². The number of anilines is 2. The number of phenols is 1. The van der Waals surface area contributed by atoms with Gasteiger partial charge in [-0.05, 0) is 56.5 Å². The quantitative estimate of drug-likeness (QED) is 0.534. The molecule has 0 aromatic heterocycles. The molecule has 8 heteroatoms. The molecule has 0 bridgehead atoms. The van der Waals surface area contributed by atoms with Gasteiger partial charge in [-0.15, -0.1) is 0 Å². The van der Waals surface area contributed by atoms with E-state index in [1.54, 1.807) is 32.9 Å². The fraction of sp³-hybridized carbons (Fsp3) is 0.292. The van der Waals surface area contributed by atoms with E-state index >= 15 is 0 Å². The monoisotopic (exact) mass is 454 g/mol. The topological polar surface area (TPSA) is 107 Å². The predicted octanol–water partition coefficient (Wildman–Crippen LogP) is 4.18. The molecule has 0 spiro atoms. The van der Waals surface area contributed by atoms with Crippen LogP contribution in [0.3, 0.4) is 0 Å². The zero-order valence-corrected chi connectivity index (χ0v) is 19.0. The zero-order chi connectivity index (χ0) is 23.2. The lowest BCUT2D eigenvalue weighted by molar-refractivity contribution is -0.140. The van der Waals surface area contributed by atoms with Crippen LogP contribution in [0.15, 0.2) is 47.4 Å². The van der Waals surface area contributed by atoms with E-state index in [1.807, 2.05) is 35.2 Å². The van der Waals surface area contributed by atoms with Crippen LogP contribution in [-0.4, -0.2) is 37.7 Å². The normalized spacial score (nSPS) is 16.5. The van der Waals surface area contributed by atoms with Crippen LogP contribution >= 0.6 is 0 Å². The van der Waals surface area contributed by atoms with Crippen LogP contribution in [0.1, 0.15) is 23.1 Å². The first kappa shape index (κ1) is 22.0. The van der Waals surface area contributed by atoms with E-state index in [-0.39, 0.29) is 10.6 Å². The van der Waals surface area contributed by atoms with Gasteiger partial charge in [-0.25, -0.2) is 8.42 Å². The number of nitrogens with one attached hydrogen (secondary N) is 1. The molecule has 0 saturated carbocycles. The van der Waals surface area contributed by atoms with E-state index in [0.717, 1.165) is 16.5 Å². The highest BCUT2D eigenvalue weighted by Gasteiger charge is 2.29. The number of aliphatic carboxylic acids is 1. The van der Waals surface area contributed by atoms with Crippen LogP contribution in [0.2, 0.25) is 0 Å². The average molecular weight is 455 g/mol. The largest absolute Gasteiger partial charge is 0.508 e. The van der Waals surface area contributed by atoms with Crippen molar-refractivity contribution < 1.29 is 23.4 Å². The van der Waals surface area contributed by atoms with E-state index in [1.165, 1.54) is 0 Å². The number of hydrogen-bond donors (Lipinski definition) is 3. The predicted molar refractivity (Wildman–Crippen MR) is 125 cm³/mol. The van der Waals surface area contributed by atoms with Crippen LogP contribution in [-0.2, 0) is 14.8 Å². The molecule has 1 fully saturated rings. The summed E-state index contributed by atoms with van der Waals surface area (Å²) in [4.78, 5) is 13.5. The van der Waals surface area contributed by atoms with Crippen molar-refractivity contribution in [2.75, 3.05) is 22.7 Å². The van der Waals surface area contributed by atoms with Crippen molar-refractivity contribution in [1.82, 2.24) is 0 Å². The Labute approximate surface area is 187 Å². The SMILES string of the molecule is Cc1cc(O)c(C)c(S(=O)(=O)Nc2ccc(N3CC[C@H](C(=O)O)C3)c3ccccc23)c1C. The van der Waals surface area contributed by atoms with Gasteiger partial charge in [0.15, 0.2) is 0 Å². The van der Waals surface area contributed by atoms with Crippen LogP contribution in [0.5, 0.6) is 5.75 Å². The number of hydrogen-bond acceptors (Lipinski definition) is 5. The number of carboxylic acid groups (broad SMARTS) is 1. The zero-order valence-electron chi connectivity index (χ0n) is 18.2. The Morgan fingerprint density at radius 3 is 2.41 bits per heavy atom. The van der Waals surface area contributed by atoms with Gasteiger partial charge in [0, 0.05) is 35.1 Å². The fourth-order valence-electron chi connectivity index (χ4n) is 4.43. The Balaban J connectivity index is 1.77. The molecule has 1 aliphatic heterocycles. The van der Waals surface area contributed by atoms with Crippen molar-refractivity contribution in [3.63, 3.8) is 0 Å². The highest BCUT2D eigenvalue weighted by molar-refractivity contribution is 7.92. The van der Waals surface area contributed by atoms with E-state index in [4.69, 9.17) is 0 Å². The molecule has 3 aromatic carbocycles. The van der Waals surface area contributed by atoms with Gasteiger partial charge in [-0.3, -0.25) is 9.52 Å². The number of sulfonamides is 1. The number of aromatic hydroxyl groups is 1. The molecule has 168 valence electrons. The summed E-state index contributed by atoms with van der Waals surface area (Å²) in [7, 11) is -3.96. The molecule has 0 unspecified atom stereocenters. The summed E-state index contributed by atoms with van der Waals surface area (Å²) >= 11 is 0. The minimum Gasteiger partial charge on any atom is -0.508 e. The number of phenolic OH excluding ortho intramolecular Hbond substituents is 1. The Kier molecular flexibility index (Phi) is 5.50. The summed E-state index contributed by atoms with van der Waals surface area (Å²) in [6.07, 6.45) is 0.577. The molecule has 3 N–H and O–H groups in total. The Morgan fingerprint density at radius 1 is 1.06 bits per heavy atom. The van der Waals surface area contributed by atoms with Gasteiger partial charge >= 0.3 is 5.97 Å². The number of fused-ring (bicyclic) bond motifs is 1. The molecule has 1 heterocycles. The third kappa shape index (κ3) is 3.75. The summed E-state index contributed by atoms with van der Waals surface area (Å²) < 4.78 is 29.4. The molecule has 0 radical (unpaired) electrons. The minimum absolute atomic E-state index is 0.0595. The van der Waals surface area contributed by atoms with Crippen molar-refractivity contribution in [2.45, 2.75) is 32.1 Å². The minimum atomic E-state index is -3.96. The van der Waals surface area contributed by atoms with Crippen molar-refractivity contribution in [2.24, 2.45) is 5.92 Å². The lowest BCUT2D eigenvalue weighted by Crippen LogP contribution is -2.23. The van der Waals surface area contributed by atoms with E-state index in [9.17, 15) is 23.4 Å². The Morgan fingerprint density at radius 2 is 1.75 bits per heavy atom. The fourth-order valence-corrected chi connectivity index (χ4v) is 6.07. The van der Waals surface area contributed by atoms with Gasteiger partial charge in [-0.2, -0.15) is 0 Å². The van der Waals surface area contributed by atoms with Gasteiger partial charge in [0.2, 0.25) is 0 Å². The summed E-state index contributed by atoms with van der Waals surface area (Å²) in [5.41, 5.74) is 2.89. The van der Waals surface area contributed by atoms with Gasteiger partial charge in [0.05, 0.1) is 16.5 Å². The van der Waals surface area contributed by atoms with Crippen molar-refractivity contribution >= 4 is 38.1 Å². The lowest BCUT2D eigenvalue weighted by atomic mass is 10.1. The summed E-state index contributed by atoms with van der Waals surface area (Å²) in [6.45, 7) is 6.13. The van der Waals surface area contributed by atoms with E-state index in [0.29, 0.717) is 41.9 Å². The first-order chi connectivity index (χ1) is 15.1. The van der Waals surface area contributed by atoms with E-state index < -0.39 is 21.9 Å². The van der Waals surface area contributed by atoms with E-state index in [2.05, 4.69) is 4.72 Å². The molecule has 0 amide bonds. The number of carbonyl (C=O) groups is 1. The summed E-state index contributed by atoms with van der Waals surface area (Å²) in [5, 5.41) is 21.1. The smallest absolute Gasteiger partial charge is 0.308 e. The second kappa shape index (κ2) is 8.02. The molecule has 4 rings (SSSR count). The maximum atomic E-state index is 13.4. The molecule has 1 saturated heterocycles. The van der Waals surface area contributed by atoms with Crippen molar-refractivity contribution in [3.8, 4) is 5.75 Å². The number of rotatable bonds is 5.